The molecule has 2 amide bonds. The van der Waals surface area contributed by atoms with Crippen molar-refractivity contribution >= 4 is 28.6 Å². The van der Waals surface area contributed by atoms with Gasteiger partial charge in [0.05, 0.1) is 33.3 Å². The SMILES string of the molecule is CC(=O)NC=CS(=O)C1=C(C(=O)O)N2C(=O)C(C(C)(C)O)C2C1. The first-order valence-corrected chi connectivity index (χ1v) is 8.13. The second-order valence-electron chi connectivity index (χ2n) is 5.99. The molecule has 2 heterocycles. The Bertz CT molecular complexity index is 661. The zero-order valence-electron chi connectivity index (χ0n) is 12.9. The first-order chi connectivity index (χ1) is 10.6. The summed E-state index contributed by atoms with van der Waals surface area (Å²) < 4.78 is 12.3. The van der Waals surface area contributed by atoms with Crippen molar-refractivity contribution in [1.82, 2.24) is 10.2 Å². The fourth-order valence-electron chi connectivity index (χ4n) is 2.92. The Morgan fingerprint density at radius 1 is 1.43 bits per heavy atom. The van der Waals surface area contributed by atoms with Crippen LogP contribution in [-0.2, 0) is 25.2 Å². The lowest BCUT2D eigenvalue weighted by atomic mass is 9.76. The lowest BCUT2D eigenvalue weighted by Gasteiger charge is -2.48. The fourth-order valence-corrected chi connectivity index (χ4v) is 3.99. The number of carbonyl (C=O) groups excluding carboxylic acids is 2. The molecule has 2 aliphatic heterocycles. The third kappa shape index (κ3) is 3.06. The van der Waals surface area contributed by atoms with E-state index in [-0.39, 0.29) is 22.9 Å². The van der Waals surface area contributed by atoms with Gasteiger partial charge in [-0.2, -0.15) is 0 Å². The van der Waals surface area contributed by atoms with Gasteiger partial charge in [0, 0.05) is 25.0 Å². The van der Waals surface area contributed by atoms with Crippen LogP contribution in [0.5, 0.6) is 0 Å². The molecule has 0 radical (unpaired) electrons. The number of rotatable bonds is 5. The molecule has 1 saturated heterocycles. The van der Waals surface area contributed by atoms with E-state index in [2.05, 4.69) is 5.32 Å². The van der Waals surface area contributed by atoms with E-state index < -0.39 is 40.2 Å². The van der Waals surface area contributed by atoms with E-state index in [1.54, 1.807) is 0 Å². The molecule has 0 aliphatic carbocycles. The van der Waals surface area contributed by atoms with Crippen LogP contribution in [0, 0.1) is 5.92 Å². The van der Waals surface area contributed by atoms with Crippen LogP contribution in [-0.4, -0.2) is 48.7 Å². The summed E-state index contributed by atoms with van der Waals surface area (Å²) in [7, 11) is -1.79. The van der Waals surface area contributed by atoms with Gasteiger partial charge < -0.3 is 20.4 Å². The molecule has 1 fully saturated rings. The van der Waals surface area contributed by atoms with E-state index in [0.717, 1.165) is 10.3 Å². The molecule has 3 atom stereocenters. The molecule has 0 aromatic rings. The van der Waals surface area contributed by atoms with Gasteiger partial charge in [-0.3, -0.25) is 9.59 Å². The van der Waals surface area contributed by atoms with Gasteiger partial charge in [-0.15, -0.1) is 0 Å². The third-order valence-corrected chi connectivity index (χ3v) is 5.03. The summed E-state index contributed by atoms with van der Waals surface area (Å²) in [5.74, 6) is -2.91. The highest BCUT2D eigenvalue weighted by molar-refractivity contribution is 7.91. The number of β-lactam (4-membered cyclic amide) rings is 1. The summed E-state index contributed by atoms with van der Waals surface area (Å²) in [4.78, 5) is 35.6. The van der Waals surface area contributed by atoms with Crippen LogP contribution in [0.15, 0.2) is 22.2 Å². The Balaban J connectivity index is 2.28. The van der Waals surface area contributed by atoms with Gasteiger partial charge >= 0.3 is 5.97 Å². The molecule has 3 unspecified atom stereocenters. The van der Waals surface area contributed by atoms with E-state index >= 15 is 0 Å². The standard InChI is InChI=1S/C14H18N2O6S/c1-7(17)15-4-5-23(22)9-6-8-10(14(2,3)21)12(18)16(8)11(9)13(19)20/h4-5,8,10,21H,6H2,1-3H3,(H,15,17)(H,19,20). The summed E-state index contributed by atoms with van der Waals surface area (Å²) in [6, 6.07) is -0.512. The lowest BCUT2D eigenvalue weighted by Crippen LogP contribution is -2.65. The molecule has 3 N–H and O–H groups in total. The minimum absolute atomic E-state index is 0.101. The van der Waals surface area contributed by atoms with E-state index in [1.807, 2.05) is 0 Å². The smallest absolute Gasteiger partial charge is 0.353 e. The largest absolute Gasteiger partial charge is 0.477 e. The molecule has 0 aromatic carbocycles. The Kier molecular flexibility index (Phi) is 4.45. The van der Waals surface area contributed by atoms with Gasteiger partial charge in [-0.1, -0.05) is 0 Å². The van der Waals surface area contributed by atoms with Crippen molar-refractivity contribution in [3.8, 4) is 0 Å². The maximum Gasteiger partial charge on any atom is 0.353 e. The van der Waals surface area contributed by atoms with Crippen molar-refractivity contribution in [2.75, 3.05) is 0 Å². The van der Waals surface area contributed by atoms with Crippen LogP contribution in [0.4, 0.5) is 0 Å². The van der Waals surface area contributed by atoms with E-state index in [4.69, 9.17) is 0 Å². The number of aliphatic hydroxyl groups is 1. The molecule has 0 saturated carbocycles. The third-order valence-electron chi connectivity index (χ3n) is 3.80. The molecule has 2 rings (SSSR count). The number of aliphatic carboxylic acids is 1. The second kappa shape index (κ2) is 5.89. The van der Waals surface area contributed by atoms with Crippen molar-refractivity contribution in [2.45, 2.75) is 38.8 Å². The maximum absolute atomic E-state index is 12.3. The number of fused-ring (bicyclic) bond motifs is 1. The predicted octanol–water partition coefficient (Wildman–Crippen LogP) is -0.360. The maximum atomic E-state index is 12.3. The van der Waals surface area contributed by atoms with E-state index in [0.29, 0.717) is 0 Å². The van der Waals surface area contributed by atoms with Gasteiger partial charge in [0.1, 0.15) is 5.70 Å². The first kappa shape index (κ1) is 17.4. The number of nitrogens with zero attached hydrogens (tertiary/aromatic N) is 1. The lowest BCUT2D eigenvalue weighted by molar-refractivity contribution is -0.169. The normalized spacial score (nSPS) is 25.4. The van der Waals surface area contributed by atoms with Crippen molar-refractivity contribution in [2.24, 2.45) is 5.92 Å². The molecular weight excluding hydrogens is 324 g/mol. The quantitative estimate of drug-likeness (QED) is 0.586. The van der Waals surface area contributed by atoms with Crippen LogP contribution >= 0.6 is 0 Å². The highest BCUT2D eigenvalue weighted by atomic mass is 32.2. The van der Waals surface area contributed by atoms with Gasteiger partial charge in [0.25, 0.3) is 0 Å². The van der Waals surface area contributed by atoms with Crippen LogP contribution in [0.3, 0.4) is 0 Å². The summed E-state index contributed by atoms with van der Waals surface area (Å²) >= 11 is 0. The summed E-state index contributed by atoms with van der Waals surface area (Å²) in [6.07, 6.45) is 1.29. The molecule has 126 valence electrons. The average molecular weight is 342 g/mol. The van der Waals surface area contributed by atoms with Crippen LogP contribution < -0.4 is 5.32 Å². The van der Waals surface area contributed by atoms with Gasteiger partial charge in [-0.05, 0) is 13.8 Å². The van der Waals surface area contributed by atoms with Crippen LogP contribution in [0.2, 0.25) is 0 Å². The van der Waals surface area contributed by atoms with E-state index in [1.165, 1.54) is 27.0 Å². The van der Waals surface area contributed by atoms with Crippen molar-refractivity contribution in [1.29, 1.82) is 0 Å². The average Bonchev–Trinajstić information content (AvgIpc) is 2.71. The summed E-state index contributed by atoms with van der Waals surface area (Å²) in [5, 5.41) is 22.9. The monoisotopic (exact) mass is 342 g/mol. The predicted molar refractivity (Wildman–Crippen MR) is 80.8 cm³/mol. The minimum atomic E-state index is -1.79. The molecule has 2 aliphatic rings. The Hall–Kier alpha value is -2.00. The number of carbonyl (C=O) groups is 3. The van der Waals surface area contributed by atoms with Crippen LogP contribution in [0.25, 0.3) is 0 Å². The Morgan fingerprint density at radius 2 is 2.04 bits per heavy atom. The Morgan fingerprint density at radius 3 is 2.52 bits per heavy atom. The van der Waals surface area contributed by atoms with Gasteiger partial charge in [0.15, 0.2) is 0 Å². The highest BCUT2D eigenvalue weighted by Crippen LogP contribution is 2.47. The number of carboxylic acid groups (broad SMARTS) is 1. The van der Waals surface area contributed by atoms with Crippen molar-refractivity contribution < 1.29 is 28.8 Å². The zero-order valence-corrected chi connectivity index (χ0v) is 13.7. The number of carboxylic acids is 1. The van der Waals surface area contributed by atoms with Crippen molar-refractivity contribution in [3.63, 3.8) is 0 Å². The topological polar surface area (TPSA) is 124 Å². The zero-order chi connectivity index (χ0) is 17.5. The summed E-state index contributed by atoms with van der Waals surface area (Å²) in [6.45, 7) is 4.25. The number of nitrogens with one attached hydrogen (secondary N) is 1. The molecular formula is C14H18N2O6S. The Labute approximate surface area is 135 Å². The summed E-state index contributed by atoms with van der Waals surface area (Å²) in [5.41, 5.74) is -1.59. The number of hydrogen-bond acceptors (Lipinski definition) is 5. The molecule has 9 heteroatoms. The minimum Gasteiger partial charge on any atom is -0.477 e. The number of amides is 2. The van der Waals surface area contributed by atoms with Gasteiger partial charge in [-0.25, -0.2) is 9.00 Å². The molecule has 0 aromatic heterocycles. The number of hydrogen-bond donors (Lipinski definition) is 3. The molecule has 23 heavy (non-hydrogen) atoms. The molecule has 8 nitrogen and oxygen atoms in total. The second-order valence-corrected chi connectivity index (χ2v) is 7.35. The van der Waals surface area contributed by atoms with Crippen molar-refractivity contribution in [3.05, 3.63) is 22.2 Å². The fraction of sp³-hybridized carbons (Fsp3) is 0.500. The van der Waals surface area contributed by atoms with Crippen LogP contribution in [0.1, 0.15) is 27.2 Å². The first-order valence-electron chi connectivity index (χ1n) is 6.92. The molecule has 0 spiro atoms. The van der Waals surface area contributed by atoms with Gasteiger partial charge in [0.2, 0.25) is 11.8 Å². The van der Waals surface area contributed by atoms with E-state index in [9.17, 15) is 28.8 Å². The molecule has 0 bridgehead atoms. The highest BCUT2D eigenvalue weighted by Gasteiger charge is 2.60.